The molecule has 0 aliphatic carbocycles. The Bertz CT molecular complexity index is 6490. The number of hydrogen-bond acceptors (Lipinski definition) is 19. The highest BCUT2D eigenvalue weighted by Gasteiger charge is 2.31. The summed E-state index contributed by atoms with van der Waals surface area (Å²) in [7, 11) is 0. The van der Waals surface area contributed by atoms with Crippen molar-refractivity contribution in [1.29, 1.82) is 0 Å². The zero-order chi connectivity index (χ0) is 88.8. The predicted octanol–water partition coefficient (Wildman–Crippen LogP) is 17.5. The molecule has 8 N–H and O–H groups in total. The first-order chi connectivity index (χ1) is 60.9. The van der Waals surface area contributed by atoms with E-state index in [0.29, 0.717) is 75.4 Å². The molecule has 0 spiro atoms. The first-order valence-corrected chi connectivity index (χ1v) is 39.5. The van der Waals surface area contributed by atoms with Crippen LogP contribution in [0.15, 0.2) is 292 Å². The van der Waals surface area contributed by atoms with E-state index in [-0.39, 0.29) is 65.2 Å². The number of pyridine rings is 3. The first-order valence-electron chi connectivity index (χ1n) is 39.5. The maximum Gasteiger partial charge on any atom is 0.416 e. The van der Waals surface area contributed by atoms with E-state index < -0.39 is 17.6 Å². The van der Waals surface area contributed by atoms with Crippen LogP contribution in [0.25, 0.3) is 22.7 Å². The van der Waals surface area contributed by atoms with Gasteiger partial charge in [0.1, 0.15) is 0 Å². The molecule has 16 aromatic rings. The number of hydrogen-bond donors (Lipinski definition) is 8. The van der Waals surface area contributed by atoms with Crippen LogP contribution in [0.4, 0.5) is 60.8 Å². The fraction of sp³-hybridized carbons (Fsp3) is 0.117. The second-order valence-corrected chi connectivity index (χ2v) is 28.5. The minimum atomic E-state index is -4.45. The number of benzene rings is 9. The molecule has 6 amide bonds. The molecule has 0 unspecified atom stereocenters. The fourth-order valence-corrected chi connectivity index (χ4v) is 13.0. The average molecular weight is 1690 g/mol. The topological polar surface area (TPSA) is 360 Å². The second-order valence-electron chi connectivity index (χ2n) is 28.5. The number of nitrogens with one attached hydrogen (secondary N) is 8. The van der Waals surface area contributed by atoms with Gasteiger partial charge in [0, 0.05) is 70.9 Å². The van der Waals surface area contributed by atoms with Crippen molar-refractivity contribution in [3.8, 4) is 22.7 Å². The number of aryl methyl sites for hydroxylation is 8. The lowest BCUT2D eigenvalue weighted by Crippen LogP contribution is -2.18. The molecule has 0 saturated heterocycles. The Kier molecular flexibility index (Phi) is 28.0. The Morgan fingerprint density at radius 2 is 0.611 bits per heavy atom. The van der Waals surface area contributed by atoms with E-state index >= 15 is 0 Å². The maximum absolute atomic E-state index is 13.1. The summed E-state index contributed by atoms with van der Waals surface area (Å²) in [4.78, 5) is 107. The second kappa shape index (κ2) is 40.5. The molecular weight excluding hydrogens is 1600 g/mol. The summed E-state index contributed by atoms with van der Waals surface area (Å²) >= 11 is 0. The van der Waals surface area contributed by atoms with Gasteiger partial charge in [-0.1, -0.05) is 164 Å². The van der Waals surface area contributed by atoms with Crippen LogP contribution in [0.5, 0.6) is 0 Å². The van der Waals surface area contributed by atoms with Gasteiger partial charge in [0.05, 0.1) is 40.6 Å². The van der Waals surface area contributed by atoms with Gasteiger partial charge < -0.3 is 10.6 Å². The molecule has 126 heavy (non-hydrogen) atoms. The summed E-state index contributed by atoms with van der Waals surface area (Å²) in [5.74, 6) is -0.348. The lowest BCUT2D eigenvalue weighted by molar-refractivity contribution is -0.137. The third-order valence-electron chi connectivity index (χ3n) is 19.4. The molecule has 0 aliphatic rings. The van der Waals surface area contributed by atoms with Crippen molar-refractivity contribution in [2.24, 2.45) is 0 Å². The van der Waals surface area contributed by atoms with Crippen molar-refractivity contribution in [1.82, 2.24) is 74.0 Å². The van der Waals surface area contributed by atoms with Crippen molar-refractivity contribution >= 4 is 83.0 Å². The van der Waals surface area contributed by atoms with E-state index in [9.17, 15) is 41.9 Å². The standard InChI is InChI=1S/C26H25N5O2.C24H20F3N5O.C22H19N7O2.C22H20N6O/c1-16-10-8-11-17(2)21(16)23(32)27-25-29-26(31(30-25)20-14-6-5-7-15-20)28-24(33)22-18(3)12-9-13-19(22)4;1-16-7-5-6-10-20(16)21(33)29-23-30-22(28-15-17-8-3-2-4-9-17)31-32(23)19-13-11-18(12-14-19)24(25,26)27;1-14-12-23-10-8-17(14)19(30)25-21-27-22(29(28-21)16-6-4-3-5-7-16)26-20(31)18-9-11-24-13-15(18)2;1-16-9-5-6-13-19(16)20(29)25-22-26-21(24-15-17-10-7-8-14-23-17)27-28(22)18-11-3-2-4-12-18/h5-15H,1-4H3,(H2,27,28,29,30,32,33);2-14H,15H2,1H3,(H2,28,29,30,31,33);3-13H,1-2H3,(H2,25,26,27,28,30,31);2-14H,15H2,1H3,(H2,24,25,26,27,29). The minimum absolute atomic E-state index is 0.0619. The Morgan fingerprint density at radius 3 is 1.00 bits per heavy atom. The van der Waals surface area contributed by atoms with Gasteiger partial charge in [0.15, 0.2) is 0 Å². The van der Waals surface area contributed by atoms with Crippen molar-refractivity contribution in [2.75, 3.05) is 42.5 Å². The van der Waals surface area contributed by atoms with Crippen LogP contribution in [0.2, 0.25) is 0 Å². The van der Waals surface area contributed by atoms with Gasteiger partial charge in [-0.3, -0.25) is 75.6 Å². The number of carbonyl (C=O) groups excluding carboxylic acids is 6. The zero-order valence-corrected chi connectivity index (χ0v) is 69.4. The average Bonchev–Trinajstić information content (AvgIpc) is 1.66. The largest absolute Gasteiger partial charge is 0.416 e. The highest BCUT2D eigenvalue weighted by atomic mass is 19.4. The van der Waals surface area contributed by atoms with E-state index in [4.69, 9.17) is 0 Å². The molecule has 0 fully saturated rings. The van der Waals surface area contributed by atoms with Crippen molar-refractivity contribution in [3.63, 3.8) is 0 Å². The van der Waals surface area contributed by atoms with Gasteiger partial charge in [-0.2, -0.15) is 51.8 Å². The van der Waals surface area contributed by atoms with E-state index in [1.807, 2.05) is 248 Å². The Balaban J connectivity index is 0.000000144. The number of alkyl halides is 3. The van der Waals surface area contributed by atoms with Crippen molar-refractivity contribution in [3.05, 3.63) is 387 Å². The SMILES string of the molecule is Cc1cccc(C)c1C(=O)Nc1nc(NC(=O)c2c(C)cccc2C)n(-c2ccccc2)n1.Cc1ccccc1C(=O)Nc1nc(NCc2ccccc2)nn1-c1ccc(C(F)(F)F)cc1.Cc1ccccc1C(=O)Nc1nc(NCc2ccccn2)nn1-c1ccccc1.Cc1cnccc1C(=O)Nc1nc(NC(=O)c2ccncc2C)n(-c2ccccc2)n1. The zero-order valence-electron chi connectivity index (χ0n) is 69.4. The summed E-state index contributed by atoms with van der Waals surface area (Å²) in [5.41, 5.74) is 13.3. The third kappa shape index (κ3) is 22.2. The lowest BCUT2D eigenvalue weighted by atomic mass is 10.0. The van der Waals surface area contributed by atoms with E-state index in [1.54, 1.807) is 79.8 Å². The molecule has 632 valence electrons. The van der Waals surface area contributed by atoms with Gasteiger partial charge in [-0.15, -0.1) is 20.4 Å². The van der Waals surface area contributed by atoms with Crippen LogP contribution >= 0.6 is 0 Å². The molecule has 0 bridgehead atoms. The number of carbonyl (C=O) groups is 6. The van der Waals surface area contributed by atoms with Gasteiger partial charge in [-0.25, -0.2) is 0 Å². The predicted molar refractivity (Wildman–Crippen MR) is 476 cm³/mol. The van der Waals surface area contributed by atoms with Gasteiger partial charge in [0.2, 0.25) is 35.7 Å². The number of amides is 6. The Labute approximate surface area is 721 Å². The first kappa shape index (κ1) is 87.0. The Hall–Kier alpha value is -16.8. The van der Waals surface area contributed by atoms with Crippen LogP contribution in [0.3, 0.4) is 0 Å². The van der Waals surface area contributed by atoms with Crippen LogP contribution < -0.4 is 42.5 Å². The fourth-order valence-electron chi connectivity index (χ4n) is 13.0. The van der Waals surface area contributed by atoms with E-state index in [0.717, 1.165) is 73.6 Å². The molecular formula is C94H84F3N23O6. The quantitative estimate of drug-likeness (QED) is 0.0312. The van der Waals surface area contributed by atoms with Crippen LogP contribution in [0.1, 0.15) is 123 Å². The van der Waals surface area contributed by atoms with Crippen LogP contribution in [-0.4, -0.2) is 109 Å². The number of aromatic nitrogens is 15. The lowest BCUT2D eigenvalue weighted by Gasteiger charge is -2.10. The molecule has 7 aromatic heterocycles. The minimum Gasteiger partial charge on any atom is -0.349 e. The maximum atomic E-state index is 13.1. The molecule has 0 saturated carbocycles. The summed E-state index contributed by atoms with van der Waals surface area (Å²) in [5, 5.41) is 40.6. The normalized spacial score (nSPS) is 10.8. The van der Waals surface area contributed by atoms with Crippen molar-refractivity contribution in [2.45, 2.75) is 74.7 Å². The molecule has 32 heteroatoms. The number of halogens is 3. The molecule has 0 atom stereocenters. The number of para-hydroxylation sites is 3. The summed E-state index contributed by atoms with van der Waals surface area (Å²) in [6, 6.07) is 76.9. The molecule has 9 aromatic carbocycles. The molecule has 7 heterocycles. The van der Waals surface area contributed by atoms with E-state index in [2.05, 4.69) is 97.8 Å². The smallest absolute Gasteiger partial charge is 0.349 e. The van der Waals surface area contributed by atoms with Crippen LogP contribution in [-0.2, 0) is 19.3 Å². The number of rotatable bonds is 22. The number of nitrogens with zero attached hydrogens (tertiary/aromatic N) is 15. The molecule has 29 nitrogen and oxygen atoms in total. The molecule has 0 radical (unpaired) electrons. The number of anilines is 8. The highest BCUT2D eigenvalue weighted by molar-refractivity contribution is 6.09. The van der Waals surface area contributed by atoms with Crippen molar-refractivity contribution < 1.29 is 41.9 Å². The molecule has 16 rings (SSSR count). The monoisotopic (exact) mass is 1690 g/mol. The highest BCUT2D eigenvalue weighted by Crippen LogP contribution is 2.31. The van der Waals surface area contributed by atoms with E-state index in [1.165, 1.54) is 26.2 Å². The molecule has 0 aliphatic heterocycles. The summed E-state index contributed by atoms with van der Waals surface area (Å²) in [6.07, 6.45) is 3.59. The van der Waals surface area contributed by atoms with Gasteiger partial charge in [0.25, 0.3) is 47.3 Å². The van der Waals surface area contributed by atoms with Crippen LogP contribution in [0, 0.1) is 55.4 Å². The Morgan fingerprint density at radius 1 is 0.294 bits per heavy atom. The summed E-state index contributed by atoms with van der Waals surface area (Å²) < 4.78 is 44.8. The van der Waals surface area contributed by atoms with Gasteiger partial charge >= 0.3 is 6.18 Å². The summed E-state index contributed by atoms with van der Waals surface area (Å²) in [6.45, 7) is 15.8. The third-order valence-corrected chi connectivity index (χ3v) is 19.4. The van der Waals surface area contributed by atoms with Gasteiger partial charge in [-0.05, 0) is 203 Å².